The molecule has 14 heavy (non-hydrogen) atoms. The normalized spacial score (nSPS) is 13.9. The summed E-state index contributed by atoms with van der Waals surface area (Å²) in [5.74, 6) is 0.118. The number of unbranched alkanes of at least 4 members (excludes halogenated alkanes) is 1. The molecule has 2 heteroatoms. The number of hydrogen-bond acceptors (Lipinski definition) is 1. The monoisotopic (exact) mass is 189 g/mol. The van der Waals surface area contributed by atoms with Crippen molar-refractivity contribution in [3.63, 3.8) is 0 Å². The van der Waals surface area contributed by atoms with Gasteiger partial charge < -0.3 is 5.32 Å². The van der Waals surface area contributed by atoms with Crippen molar-refractivity contribution in [1.29, 1.82) is 0 Å². The lowest BCUT2D eigenvalue weighted by atomic mass is 10.0. The van der Waals surface area contributed by atoms with Crippen LogP contribution >= 0.6 is 0 Å². The second-order valence-corrected chi connectivity index (χ2v) is 3.82. The zero-order valence-electron chi connectivity index (χ0n) is 8.47. The second kappa shape index (κ2) is 3.82. The van der Waals surface area contributed by atoms with Crippen molar-refractivity contribution in [3.8, 4) is 0 Å². The van der Waals surface area contributed by atoms with Crippen LogP contribution in [0.1, 0.15) is 30.9 Å². The number of carbonyl (C=O) groups is 1. The van der Waals surface area contributed by atoms with Gasteiger partial charge in [-0.15, -0.1) is 0 Å². The van der Waals surface area contributed by atoms with Gasteiger partial charge in [-0.05, 0) is 30.0 Å². The van der Waals surface area contributed by atoms with Crippen molar-refractivity contribution in [1.82, 2.24) is 0 Å². The lowest BCUT2D eigenvalue weighted by molar-refractivity contribution is -0.115. The van der Waals surface area contributed by atoms with Gasteiger partial charge in [-0.2, -0.15) is 0 Å². The van der Waals surface area contributed by atoms with Crippen LogP contribution in [0.3, 0.4) is 0 Å². The zero-order chi connectivity index (χ0) is 9.97. The maximum Gasteiger partial charge on any atom is 0.228 e. The van der Waals surface area contributed by atoms with E-state index in [4.69, 9.17) is 0 Å². The molecule has 74 valence electrons. The van der Waals surface area contributed by atoms with Gasteiger partial charge in [-0.3, -0.25) is 4.79 Å². The largest absolute Gasteiger partial charge is 0.326 e. The molecule has 2 rings (SSSR count). The van der Waals surface area contributed by atoms with Crippen LogP contribution in [-0.4, -0.2) is 5.91 Å². The highest BCUT2D eigenvalue weighted by molar-refractivity contribution is 5.99. The van der Waals surface area contributed by atoms with Crippen LogP contribution in [0.4, 0.5) is 5.69 Å². The quantitative estimate of drug-likeness (QED) is 0.777. The molecule has 1 aromatic carbocycles. The van der Waals surface area contributed by atoms with Gasteiger partial charge in [-0.25, -0.2) is 0 Å². The fourth-order valence-corrected chi connectivity index (χ4v) is 1.80. The highest BCUT2D eigenvalue weighted by Gasteiger charge is 2.16. The topological polar surface area (TPSA) is 29.1 Å². The van der Waals surface area contributed by atoms with E-state index in [0.29, 0.717) is 6.42 Å². The molecule has 0 aliphatic carbocycles. The van der Waals surface area contributed by atoms with Crippen LogP contribution in [0.25, 0.3) is 0 Å². The third kappa shape index (κ3) is 1.79. The number of hydrogen-bond donors (Lipinski definition) is 1. The van der Waals surface area contributed by atoms with Crippen molar-refractivity contribution in [2.45, 2.75) is 32.6 Å². The van der Waals surface area contributed by atoms with E-state index >= 15 is 0 Å². The van der Waals surface area contributed by atoms with Gasteiger partial charge in [0.15, 0.2) is 0 Å². The van der Waals surface area contributed by atoms with Gasteiger partial charge in [0.25, 0.3) is 0 Å². The minimum absolute atomic E-state index is 0.118. The van der Waals surface area contributed by atoms with Crippen LogP contribution in [0.2, 0.25) is 0 Å². The lowest BCUT2D eigenvalue weighted by Crippen LogP contribution is -2.03. The fraction of sp³-hybridized carbons (Fsp3) is 0.417. The predicted octanol–water partition coefficient (Wildman–Crippen LogP) is 2.52. The summed E-state index contributed by atoms with van der Waals surface area (Å²) in [6, 6.07) is 6.31. The van der Waals surface area contributed by atoms with E-state index in [1.807, 2.05) is 0 Å². The van der Waals surface area contributed by atoms with E-state index in [0.717, 1.165) is 17.7 Å². The molecule has 0 atom stereocenters. The average Bonchev–Trinajstić information content (AvgIpc) is 2.54. The minimum atomic E-state index is 0.118. The van der Waals surface area contributed by atoms with Gasteiger partial charge in [0.05, 0.1) is 6.42 Å². The maximum absolute atomic E-state index is 11.1. The van der Waals surface area contributed by atoms with Gasteiger partial charge in [0.2, 0.25) is 5.91 Å². The Morgan fingerprint density at radius 3 is 3.07 bits per heavy atom. The molecule has 0 saturated carbocycles. The molecule has 1 aliphatic heterocycles. The Bertz CT molecular complexity index is 357. The number of carbonyl (C=O) groups excluding carboxylic acids is 1. The highest BCUT2D eigenvalue weighted by atomic mass is 16.1. The molecule has 0 aromatic heterocycles. The van der Waals surface area contributed by atoms with Crippen molar-refractivity contribution >= 4 is 11.6 Å². The molecular weight excluding hydrogens is 174 g/mol. The smallest absolute Gasteiger partial charge is 0.228 e. The molecule has 1 amide bonds. The number of fused-ring (bicyclic) bond motifs is 1. The van der Waals surface area contributed by atoms with E-state index < -0.39 is 0 Å². The molecule has 1 aliphatic rings. The lowest BCUT2D eigenvalue weighted by Gasteiger charge is -2.03. The van der Waals surface area contributed by atoms with Crippen LogP contribution in [0, 0.1) is 0 Å². The van der Waals surface area contributed by atoms with E-state index in [-0.39, 0.29) is 5.91 Å². The summed E-state index contributed by atoms with van der Waals surface area (Å²) in [4.78, 5) is 11.1. The Labute approximate surface area is 84.3 Å². The Kier molecular flexibility index (Phi) is 2.53. The van der Waals surface area contributed by atoms with Crippen LogP contribution in [-0.2, 0) is 17.6 Å². The number of aryl methyl sites for hydroxylation is 1. The first-order valence-electron chi connectivity index (χ1n) is 5.21. The fourth-order valence-electron chi connectivity index (χ4n) is 1.80. The molecule has 1 heterocycles. The Balaban J connectivity index is 2.16. The molecule has 0 fully saturated rings. The standard InChI is InChI=1S/C12H15NO/c1-2-3-4-9-5-6-10-8-12(14)13-11(10)7-9/h5-7H,2-4,8H2,1H3,(H,13,14). The minimum Gasteiger partial charge on any atom is -0.326 e. The van der Waals surface area contributed by atoms with E-state index in [2.05, 4.69) is 30.4 Å². The van der Waals surface area contributed by atoms with Crippen molar-refractivity contribution in [2.24, 2.45) is 0 Å². The molecule has 2 nitrogen and oxygen atoms in total. The summed E-state index contributed by atoms with van der Waals surface area (Å²) >= 11 is 0. The van der Waals surface area contributed by atoms with Crippen molar-refractivity contribution < 1.29 is 4.79 Å². The molecule has 0 saturated heterocycles. The SMILES string of the molecule is CCCCc1ccc2c(c1)NC(=O)C2. The number of anilines is 1. The molecule has 1 aromatic rings. The zero-order valence-corrected chi connectivity index (χ0v) is 8.47. The summed E-state index contributed by atoms with van der Waals surface area (Å²) in [5, 5.41) is 2.88. The Morgan fingerprint density at radius 2 is 2.29 bits per heavy atom. The van der Waals surface area contributed by atoms with Gasteiger partial charge in [0.1, 0.15) is 0 Å². The third-order valence-electron chi connectivity index (χ3n) is 2.62. The molecule has 1 N–H and O–H groups in total. The number of nitrogens with one attached hydrogen (secondary N) is 1. The Morgan fingerprint density at radius 1 is 1.43 bits per heavy atom. The summed E-state index contributed by atoms with van der Waals surface area (Å²) < 4.78 is 0. The van der Waals surface area contributed by atoms with Gasteiger partial charge in [0, 0.05) is 5.69 Å². The summed E-state index contributed by atoms with van der Waals surface area (Å²) in [7, 11) is 0. The first-order chi connectivity index (χ1) is 6.79. The summed E-state index contributed by atoms with van der Waals surface area (Å²) in [6.07, 6.45) is 4.08. The van der Waals surface area contributed by atoms with Crippen molar-refractivity contribution in [3.05, 3.63) is 29.3 Å². The summed E-state index contributed by atoms with van der Waals surface area (Å²) in [5.41, 5.74) is 3.48. The average molecular weight is 189 g/mol. The van der Waals surface area contributed by atoms with E-state index in [9.17, 15) is 4.79 Å². The highest BCUT2D eigenvalue weighted by Crippen LogP contribution is 2.24. The first-order valence-corrected chi connectivity index (χ1v) is 5.21. The van der Waals surface area contributed by atoms with Crippen LogP contribution in [0.15, 0.2) is 18.2 Å². The number of benzene rings is 1. The van der Waals surface area contributed by atoms with E-state index in [1.54, 1.807) is 0 Å². The van der Waals surface area contributed by atoms with Crippen LogP contribution < -0.4 is 5.32 Å². The van der Waals surface area contributed by atoms with Gasteiger partial charge in [-0.1, -0.05) is 25.5 Å². The number of rotatable bonds is 3. The predicted molar refractivity (Wildman–Crippen MR) is 57.4 cm³/mol. The third-order valence-corrected chi connectivity index (χ3v) is 2.62. The molecule has 0 unspecified atom stereocenters. The Hall–Kier alpha value is -1.31. The second-order valence-electron chi connectivity index (χ2n) is 3.82. The molecule has 0 spiro atoms. The first kappa shape index (κ1) is 9.25. The van der Waals surface area contributed by atoms with Crippen molar-refractivity contribution in [2.75, 3.05) is 5.32 Å². The molecule has 0 radical (unpaired) electrons. The van der Waals surface area contributed by atoms with Crippen LogP contribution in [0.5, 0.6) is 0 Å². The maximum atomic E-state index is 11.1. The van der Waals surface area contributed by atoms with E-state index in [1.165, 1.54) is 18.4 Å². The molecule has 0 bridgehead atoms. The summed E-state index contributed by atoms with van der Waals surface area (Å²) in [6.45, 7) is 2.19. The molecular formula is C12H15NO. The number of amides is 1. The van der Waals surface area contributed by atoms with Gasteiger partial charge >= 0.3 is 0 Å².